The lowest BCUT2D eigenvalue weighted by molar-refractivity contribution is -0.119. The van der Waals surface area contributed by atoms with Gasteiger partial charge in [-0.3, -0.25) is 4.79 Å². The van der Waals surface area contributed by atoms with Gasteiger partial charge in [-0.1, -0.05) is 0 Å². The third-order valence-corrected chi connectivity index (χ3v) is 7.46. The van der Waals surface area contributed by atoms with Crippen LogP contribution in [0, 0.1) is 0 Å². The molecular weight excluding hydrogens is 281 g/mol. The molecular formula is C9H20NO4PS2. The minimum Gasteiger partial charge on any atom is -0.353 e. The number of carbonyl (C=O) groups is 1. The van der Waals surface area contributed by atoms with E-state index in [2.05, 4.69) is 5.32 Å². The van der Waals surface area contributed by atoms with E-state index in [1.807, 2.05) is 27.7 Å². The van der Waals surface area contributed by atoms with Crippen molar-refractivity contribution in [1.82, 2.24) is 5.32 Å². The standard InChI is InChI=1S/C9H20NO4PS2/c1-5-13-15(14-6-2)17(12)16-7-9(11)10-8(3)4/h8H,5-7H2,1-4H3,(H,10,11). The summed E-state index contributed by atoms with van der Waals surface area (Å²) in [5.74, 6) is 0.0327. The first-order valence-electron chi connectivity index (χ1n) is 5.41. The second-order valence-corrected chi connectivity index (χ2v) is 9.43. The van der Waals surface area contributed by atoms with Crippen molar-refractivity contribution >= 4 is 33.7 Å². The molecule has 1 atom stereocenters. The summed E-state index contributed by atoms with van der Waals surface area (Å²) in [4.78, 5) is 11.4. The Morgan fingerprint density at radius 1 is 1.35 bits per heavy atom. The van der Waals surface area contributed by atoms with E-state index < -0.39 is 17.0 Å². The van der Waals surface area contributed by atoms with Crippen molar-refractivity contribution in [1.29, 1.82) is 0 Å². The highest BCUT2D eigenvalue weighted by atomic mass is 33.3. The smallest absolute Gasteiger partial charge is 0.281 e. The van der Waals surface area contributed by atoms with Gasteiger partial charge in [0.25, 0.3) is 7.58 Å². The number of amides is 1. The van der Waals surface area contributed by atoms with E-state index in [0.29, 0.717) is 13.2 Å². The van der Waals surface area contributed by atoms with Gasteiger partial charge in [0, 0.05) is 6.04 Å². The summed E-state index contributed by atoms with van der Waals surface area (Å²) >= 11 is 0. The van der Waals surface area contributed by atoms with Crippen LogP contribution >= 0.6 is 18.4 Å². The van der Waals surface area contributed by atoms with Crippen LogP contribution in [0.15, 0.2) is 0 Å². The highest BCUT2D eigenvalue weighted by molar-refractivity contribution is 8.90. The van der Waals surface area contributed by atoms with Gasteiger partial charge < -0.3 is 14.4 Å². The zero-order chi connectivity index (χ0) is 13.3. The van der Waals surface area contributed by atoms with Crippen LogP contribution in [0.1, 0.15) is 27.7 Å². The third-order valence-electron chi connectivity index (χ3n) is 1.33. The highest BCUT2D eigenvalue weighted by Crippen LogP contribution is 2.47. The molecule has 0 spiro atoms. The van der Waals surface area contributed by atoms with E-state index in [0.717, 1.165) is 10.8 Å². The molecule has 0 aliphatic rings. The Bertz CT molecular complexity index is 247. The van der Waals surface area contributed by atoms with E-state index >= 15 is 0 Å². The van der Waals surface area contributed by atoms with Crippen molar-refractivity contribution in [2.24, 2.45) is 0 Å². The predicted molar refractivity (Wildman–Crippen MR) is 74.1 cm³/mol. The van der Waals surface area contributed by atoms with Gasteiger partial charge in [0.1, 0.15) is 0 Å². The molecule has 0 rings (SSSR count). The molecule has 1 unspecified atom stereocenters. The molecule has 1 N–H and O–H groups in total. The van der Waals surface area contributed by atoms with Gasteiger partial charge >= 0.3 is 0 Å². The summed E-state index contributed by atoms with van der Waals surface area (Å²) in [6.45, 7) is 8.31. The number of carbonyl (C=O) groups excluding carboxylic acids is 1. The fourth-order valence-corrected chi connectivity index (χ4v) is 5.94. The van der Waals surface area contributed by atoms with Crippen molar-refractivity contribution in [3.8, 4) is 0 Å². The molecule has 0 aromatic rings. The molecule has 0 fully saturated rings. The van der Waals surface area contributed by atoms with Crippen LogP contribution in [0.3, 0.4) is 0 Å². The van der Waals surface area contributed by atoms with E-state index in [1.165, 1.54) is 0 Å². The summed E-state index contributed by atoms with van der Waals surface area (Å²) in [7, 11) is -1.68. The average Bonchev–Trinajstić information content (AvgIpc) is 2.24. The fourth-order valence-electron chi connectivity index (χ4n) is 0.845. The lowest BCUT2D eigenvalue weighted by Crippen LogP contribution is -2.31. The monoisotopic (exact) mass is 301 g/mol. The molecule has 0 saturated heterocycles. The second kappa shape index (κ2) is 10.3. The quantitative estimate of drug-likeness (QED) is 0.522. The summed E-state index contributed by atoms with van der Waals surface area (Å²) in [6, 6.07) is 0.0943. The molecule has 8 heteroatoms. The first-order chi connectivity index (χ1) is 8.01. The molecule has 0 bridgehead atoms. The zero-order valence-electron chi connectivity index (χ0n) is 10.6. The lowest BCUT2D eigenvalue weighted by atomic mass is 10.4. The third kappa shape index (κ3) is 8.97. The fraction of sp³-hybridized carbons (Fsp3) is 0.889. The lowest BCUT2D eigenvalue weighted by Gasteiger charge is -2.14. The molecule has 1 amide bonds. The van der Waals surface area contributed by atoms with Gasteiger partial charge in [0.15, 0.2) is 9.45 Å². The van der Waals surface area contributed by atoms with Crippen LogP contribution in [-0.4, -0.2) is 35.1 Å². The minimum atomic E-state index is -1.42. The Balaban J connectivity index is 4.00. The Morgan fingerprint density at radius 2 is 1.88 bits per heavy atom. The predicted octanol–water partition coefficient (Wildman–Crippen LogP) is 2.21. The topological polar surface area (TPSA) is 64.6 Å². The molecule has 0 aliphatic heterocycles. The van der Waals surface area contributed by atoms with Crippen LogP contribution in [-0.2, 0) is 23.3 Å². The van der Waals surface area contributed by atoms with E-state index in [4.69, 9.17) is 9.05 Å². The molecule has 0 radical (unpaired) electrons. The Labute approximate surface area is 110 Å². The van der Waals surface area contributed by atoms with Crippen molar-refractivity contribution in [2.45, 2.75) is 33.7 Å². The number of hydrogen-bond donors (Lipinski definition) is 1. The first-order valence-corrected chi connectivity index (χ1v) is 9.85. The Hall–Kier alpha value is 0.320. The van der Waals surface area contributed by atoms with Crippen LogP contribution < -0.4 is 5.32 Å². The van der Waals surface area contributed by atoms with Gasteiger partial charge in [-0.25, -0.2) is 4.21 Å². The first kappa shape index (κ1) is 17.3. The van der Waals surface area contributed by atoms with Crippen LogP contribution in [0.2, 0.25) is 0 Å². The van der Waals surface area contributed by atoms with Crippen molar-refractivity contribution in [2.75, 3.05) is 19.0 Å². The molecule has 5 nitrogen and oxygen atoms in total. The summed E-state index contributed by atoms with van der Waals surface area (Å²) in [6.07, 6.45) is 0. The molecule has 102 valence electrons. The normalized spacial score (nSPS) is 13.1. The maximum atomic E-state index is 11.8. The summed E-state index contributed by atoms with van der Waals surface area (Å²) < 4.78 is 22.3. The Kier molecular flexibility index (Phi) is 10.5. The Morgan fingerprint density at radius 3 is 2.29 bits per heavy atom. The minimum absolute atomic E-state index is 0.0943. The maximum absolute atomic E-state index is 11.8. The summed E-state index contributed by atoms with van der Waals surface area (Å²) in [5, 5.41) is 2.73. The van der Waals surface area contributed by atoms with Crippen LogP contribution in [0.25, 0.3) is 0 Å². The van der Waals surface area contributed by atoms with Crippen molar-refractivity contribution in [3.05, 3.63) is 0 Å². The maximum Gasteiger partial charge on any atom is 0.281 e. The van der Waals surface area contributed by atoms with Gasteiger partial charge in [0.2, 0.25) is 5.91 Å². The number of hydrogen-bond acceptors (Lipinski definition) is 5. The van der Waals surface area contributed by atoms with Crippen molar-refractivity contribution in [3.63, 3.8) is 0 Å². The average molecular weight is 301 g/mol. The van der Waals surface area contributed by atoms with Gasteiger partial charge in [-0.15, -0.1) is 0 Å². The van der Waals surface area contributed by atoms with E-state index in [9.17, 15) is 9.00 Å². The molecule has 0 aromatic carbocycles. The van der Waals surface area contributed by atoms with E-state index in [1.54, 1.807) is 0 Å². The van der Waals surface area contributed by atoms with Gasteiger partial charge in [-0.2, -0.15) is 0 Å². The second-order valence-electron chi connectivity index (χ2n) is 3.26. The largest absolute Gasteiger partial charge is 0.353 e. The van der Waals surface area contributed by atoms with E-state index in [-0.39, 0.29) is 17.7 Å². The van der Waals surface area contributed by atoms with Crippen molar-refractivity contribution < 1.29 is 18.1 Å². The van der Waals surface area contributed by atoms with Gasteiger partial charge in [0.05, 0.1) is 19.0 Å². The number of nitrogens with one attached hydrogen (secondary N) is 1. The molecule has 0 aliphatic carbocycles. The number of rotatable bonds is 9. The van der Waals surface area contributed by atoms with Gasteiger partial charge in [-0.05, 0) is 38.5 Å². The zero-order valence-corrected chi connectivity index (χ0v) is 13.1. The SMILES string of the molecule is CCOP(OCC)S(=O)SCC(=O)NC(C)C. The van der Waals surface area contributed by atoms with Crippen LogP contribution in [0.5, 0.6) is 0 Å². The summed E-state index contributed by atoms with van der Waals surface area (Å²) in [5.41, 5.74) is 0. The molecule has 17 heavy (non-hydrogen) atoms. The molecule has 0 heterocycles. The molecule has 0 saturated carbocycles. The molecule has 0 aromatic heterocycles. The van der Waals surface area contributed by atoms with Crippen LogP contribution in [0.4, 0.5) is 0 Å². The highest BCUT2D eigenvalue weighted by Gasteiger charge is 2.20.